The quantitative estimate of drug-likeness (QED) is 0.503. The molecular formula is C13H15F2N3O2. The van der Waals surface area contributed by atoms with Crippen LogP contribution in [-0.2, 0) is 4.84 Å². The van der Waals surface area contributed by atoms with E-state index >= 15 is 0 Å². The molecule has 0 aliphatic rings. The van der Waals surface area contributed by atoms with Gasteiger partial charge in [-0.1, -0.05) is 17.3 Å². The van der Waals surface area contributed by atoms with Crippen molar-refractivity contribution in [2.45, 2.75) is 19.9 Å². The average Bonchev–Trinajstić information content (AvgIpc) is 2.83. The minimum atomic E-state index is -2.71. The molecular weight excluding hydrogens is 268 g/mol. The number of nitrogens with zero attached hydrogens (tertiary/aromatic N) is 3. The SMILES string of the molecule is C/C(=N/OCCCO)c1nc2ccccc2n1C(F)F. The summed E-state index contributed by atoms with van der Waals surface area (Å²) in [6.07, 6.45) is 0.433. The van der Waals surface area contributed by atoms with E-state index in [1.165, 1.54) is 0 Å². The number of benzene rings is 1. The van der Waals surface area contributed by atoms with Crippen LogP contribution in [0.3, 0.4) is 0 Å². The number of fused-ring (bicyclic) bond motifs is 1. The number of halogens is 2. The summed E-state index contributed by atoms with van der Waals surface area (Å²) in [4.78, 5) is 9.11. The van der Waals surface area contributed by atoms with Crippen molar-refractivity contribution in [3.05, 3.63) is 30.1 Å². The highest BCUT2D eigenvalue weighted by Gasteiger charge is 2.19. The normalized spacial score (nSPS) is 12.3. The Morgan fingerprint density at radius 2 is 2.20 bits per heavy atom. The number of hydrogen-bond acceptors (Lipinski definition) is 4. The number of para-hydroxylation sites is 2. The number of aliphatic hydroxyl groups excluding tert-OH is 1. The van der Waals surface area contributed by atoms with Gasteiger partial charge in [0.15, 0.2) is 5.82 Å². The van der Waals surface area contributed by atoms with Gasteiger partial charge in [0.05, 0.1) is 11.0 Å². The lowest BCUT2D eigenvalue weighted by Gasteiger charge is -2.07. The van der Waals surface area contributed by atoms with Crippen LogP contribution in [0.4, 0.5) is 8.78 Å². The second-order valence-corrected chi connectivity index (χ2v) is 4.16. The van der Waals surface area contributed by atoms with Gasteiger partial charge in [-0.05, 0) is 19.1 Å². The Morgan fingerprint density at radius 1 is 1.45 bits per heavy atom. The topological polar surface area (TPSA) is 59.6 Å². The van der Waals surface area contributed by atoms with E-state index in [0.717, 1.165) is 4.57 Å². The molecule has 0 atom stereocenters. The van der Waals surface area contributed by atoms with Crippen LogP contribution in [-0.4, -0.2) is 33.6 Å². The molecule has 20 heavy (non-hydrogen) atoms. The van der Waals surface area contributed by atoms with E-state index in [4.69, 9.17) is 9.94 Å². The summed E-state index contributed by atoms with van der Waals surface area (Å²) in [5.41, 5.74) is 1.09. The number of hydrogen-bond donors (Lipinski definition) is 1. The third-order valence-electron chi connectivity index (χ3n) is 2.71. The first kappa shape index (κ1) is 14.4. The van der Waals surface area contributed by atoms with Crippen LogP contribution in [0.25, 0.3) is 11.0 Å². The van der Waals surface area contributed by atoms with Crippen molar-refractivity contribution in [2.24, 2.45) is 5.16 Å². The Balaban J connectivity index is 2.35. The number of rotatable bonds is 6. The van der Waals surface area contributed by atoms with Gasteiger partial charge in [-0.3, -0.25) is 4.57 Å². The molecule has 0 amide bonds. The number of oxime groups is 1. The second-order valence-electron chi connectivity index (χ2n) is 4.16. The van der Waals surface area contributed by atoms with E-state index in [1.807, 2.05) is 0 Å². The minimum Gasteiger partial charge on any atom is -0.396 e. The number of aromatic nitrogens is 2. The zero-order chi connectivity index (χ0) is 14.5. The first-order chi connectivity index (χ1) is 9.65. The molecule has 0 radical (unpaired) electrons. The molecule has 0 unspecified atom stereocenters. The van der Waals surface area contributed by atoms with Gasteiger partial charge in [0.1, 0.15) is 12.3 Å². The molecule has 108 valence electrons. The summed E-state index contributed by atoms with van der Waals surface area (Å²) in [5.74, 6) is 0.0743. The van der Waals surface area contributed by atoms with E-state index in [2.05, 4.69) is 10.1 Å². The first-order valence-corrected chi connectivity index (χ1v) is 6.18. The molecule has 1 aromatic carbocycles. The van der Waals surface area contributed by atoms with Gasteiger partial charge in [0.25, 0.3) is 0 Å². The molecule has 2 rings (SSSR count). The molecule has 0 spiro atoms. The maximum Gasteiger partial charge on any atom is 0.320 e. The van der Waals surface area contributed by atoms with E-state index < -0.39 is 6.55 Å². The van der Waals surface area contributed by atoms with Crippen molar-refractivity contribution in [3.63, 3.8) is 0 Å². The molecule has 1 N–H and O–H groups in total. The highest BCUT2D eigenvalue weighted by Crippen LogP contribution is 2.23. The van der Waals surface area contributed by atoms with Gasteiger partial charge < -0.3 is 9.94 Å². The fraction of sp³-hybridized carbons (Fsp3) is 0.385. The summed E-state index contributed by atoms with van der Waals surface area (Å²) in [6, 6.07) is 6.66. The summed E-state index contributed by atoms with van der Waals surface area (Å²) < 4.78 is 27.2. The van der Waals surface area contributed by atoms with Crippen molar-refractivity contribution in [1.29, 1.82) is 0 Å². The highest BCUT2D eigenvalue weighted by molar-refractivity contribution is 5.98. The van der Waals surface area contributed by atoms with E-state index in [9.17, 15) is 8.78 Å². The lowest BCUT2D eigenvalue weighted by Crippen LogP contribution is -2.10. The molecule has 0 saturated heterocycles. The molecule has 7 heteroatoms. The highest BCUT2D eigenvalue weighted by atomic mass is 19.3. The molecule has 0 fully saturated rings. The standard InChI is InChI=1S/C13H15F2N3O2/c1-9(17-20-8-4-7-19)12-16-10-5-2-3-6-11(10)18(12)13(14)15/h2-3,5-6,13,19H,4,7-8H2,1H3/b17-9-. The molecule has 0 aliphatic heterocycles. The molecule has 1 aromatic heterocycles. The first-order valence-electron chi connectivity index (χ1n) is 6.18. The van der Waals surface area contributed by atoms with E-state index in [1.54, 1.807) is 31.2 Å². The number of alkyl halides is 2. The van der Waals surface area contributed by atoms with Crippen LogP contribution < -0.4 is 0 Å². The van der Waals surface area contributed by atoms with Gasteiger partial charge in [-0.25, -0.2) is 4.98 Å². The second kappa shape index (κ2) is 6.42. The van der Waals surface area contributed by atoms with Crippen LogP contribution in [0.1, 0.15) is 25.7 Å². The lowest BCUT2D eigenvalue weighted by atomic mass is 10.3. The largest absolute Gasteiger partial charge is 0.396 e. The van der Waals surface area contributed by atoms with Crippen LogP contribution in [0.2, 0.25) is 0 Å². The van der Waals surface area contributed by atoms with Gasteiger partial charge in [-0.15, -0.1) is 0 Å². The molecule has 0 aliphatic carbocycles. The molecule has 0 saturated carbocycles. The Hall–Kier alpha value is -2.02. The molecule has 0 bridgehead atoms. The van der Waals surface area contributed by atoms with E-state index in [-0.39, 0.29) is 24.7 Å². The summed E-state index contributed by atoms with van der Waals surface area (Å²) >= 11 is 0. The smallest absolute Gasteiger partial charge is 0.320 e. The molecule has 1 heterocycles. The average molecular weight is 283 g/mol. The Labute approximate surface area is 114 Å². The predicted octanol–water partition coefficient (Wildman–Crippen LogP) is 2.55. The zero-order valence-electron chi connectivity index (χ0n) is 11.0. The summed E-state index contributed by atoms with van der Waals surface area (Å²) in [5, 5.41) is 12.4. The third-order valence-corrected chi connectivity index (χ3v) is 2.71. The van der Waals surface area contributed by atoms with Crippen molar-refractivity contribution in [1.82, 2.24) is 9.55 Å². The maximum atomic E-state index is 13.2. The zero-order valence-corrected chi connectivity index (χ0v) is 11.0. The Morgan fingerprint density at radius 3 is 2.90 bits per heavy atom. The number of imidazole rings is 1. The van der Waals surface area contributed by atoms with Gasteiger partial charge in [0, 0.05) is 13.0 Å². The summed E-state index contributed by atoms with van der Waals surface area (Å²) in [6.45, 7) is -0.939. The number of aliphatic hydroxyl groups is 1. The fourth-order valence-corrected chi connectivity index (χ4v) is 1.81. The van der Waals surface area contributed by atoms with Crippen molar-refractivity contribution < 1.29 is 18.7 Å². The predicted molar refractivity (Wildman–Crippen MR) is 70.9 cm³/mol. The fourth-order valence-electron chi connectivity index (χ4n) is 1.81. The van der Waals surface area contributed by atoms with Crippen LogP contribution in [0.15, 0.2) is 29.4 Å². The lowest BCUT2D eigenvalue weighted by molar-refractivity contribution is 0.0736. The molecule has 2 aromatic rings. The van der Waals surface area contributed by atoms with Crippen molar-refractivity contribution in [2.75, 3.05) is 13.2 Å². The van der Waals surface area contributed by atoms with Gasteiger partial charge >= 0.3 is 6.55 Å². The van der Waals surface area contributed by atoms with Crippen molar-refractivity contribution >= 4 is 16.7 Å². The van der Waals surface area contributed by atoms with Crippen LogP contribution >= 0.6 is 0 Å². The minimum absolute atomic E-state index is 0.00981. The Bertz CT molecular complexity index is 611. The molecule has 5 nitrogen and oxygen atoms in total. The van der Waals surface area contributed by atoms with Gasteiger partial charge in [-0.2, -0.15) is 8.78 Å². The monoisotopic (exact) mass is 283 g/mol. The van der Waals surface area contributed by atoms with E-state index in [0.29, 0.717) is 17.5 Å². The maximum absolute atomic E-state index is 13.2. The van der Waals surface area contributed by atoms with Gasteiger partial charge in [0.2, 0.25) is 0 Å². The third kappa shape index (κ3) is 2.93. The van der Waals surface area contributed by atoms with Crippen molar-refractivity contribution in [3.8, 4) is 0 Å². The summed E-state index contributed by atoms with van der Waals surface area (Å²) in [7, 11) is 0. The van der Waals surface area contributed by atoms with Crippen LogP contribution in [0.5, 0.6) is 0 Å². The van der Waals surface area contributed by atoms with Crippen LogP contribution in [0, 0.1) is 0 Å². The Kier molecular flexibility index (Phi) is 4.62.